The maximum atomic E-state index is 6.33. The van der Waals surface area contributed by atoms with E-state index in [0.29, 0.717) is 5.92 Å². The average molecular weight is 916 g/mol. The molecule has 52 heavy (non-hydrogen) atoms. The van der Waals surface area contributed by atoms with Crippen molar-refractivity contribution < 1.29 is 24.5 Å². The summed E-state index contributed by atoms with van der Waals surface area (Å²) in [5, 5.41) is 2.21. The topological polar surface area (TPSA) is 38.9 Å². The monoisotopic (exact) mass is 917 g/mol. The van der Waals surface area contributed by atoms with Crippen LogP contribution in [0.25, 0.3) is 66.7 Å². The van der Waals surface area contributed by atoms with Crippen LogP contribution in [0.4, 0.5) is 0 Å². The number of hydrogen-bond acceptors (Lipinski definition) is 3. The molecule has 0 unspecified atom stereocenters. The third kappa shape index (κ3) is 8.05. The minimum atomic E-state index is -1.85. The van der Waals surface area contributed by atoms with E-state index < -0.39 is 13.3 Å². The van der Waals surface area contributed by atoms with Gasteiger partial charge in [-0.15, -0.1) is 18.2 Å². The number of pyridine rings is 2. The number of furan rings is 1. The van der Waals surface area contributed by atoms with Crippen LogP contribution in [0, 0.1) is 19.1 Å². The Balaban J connectivity index is 0.000000179. The zero-order valence-electron chi connectivity index (χ0n) is 30.5. The number of aromatic nitrogens is 2. The molecule has 0 atom stereocenters. The van der Waals surface area contributed by atoms with Crippen molar-refractivity contribution in [1.82, 2.24) is 9.97 Å². The Hall–Kier alpha value is -4.61. The molecule has 1 radical (unpaired) electrons. The minimum absolute atomic E-state index is 0. The first-order valence-electron chi connectivity index (χ1n) is 17.6. The number of nitrogens with zero attached hydrogens (tertiary/aromatic N) is 2. The first kappa shape index (κ1) is 37.2. The molecule has 0 aliphatic rings. The van der Waals surface area contributed by atoms with Gasteiger partial charge in [0.15, 0.2) is 0 Å². The zero-order chi connectivity index (χ0) is 35.5. The predicted molar refractivity (Wildman–Crippen MR) is 217 cm³/mol. The van der Waals surface area contributed by atoms with Crippen LogP contribution >= 0.6 is 0 Å². The number of hydrogen-bond donors (Lipinski definition) is 0. The van der Waals surface area contributed by atoms with Crippen molar-refractivity contribution >= 4 is 39.6 Å². The normalized spacial score (nSPS) is 11.3. The van der Waals surface area contributed by atoms with Gasteiger partial charge in [-0.1, -0.05) is 78.9 Å². The number of fused-ring (bicyclic) bond motifs is 3. The first-order chi connectivity index (χ1) is 24.7. The molecule has 3 nitrogen and oxygen atoms in total. The molecule has 0 aliphatic heterocycles. The molecule has 5 heteroatoms. The van der Waals surface area contributed by atoms with Crippen molar-refractivity contribution in [3.63, 3.8) is 0 Å². The fourth-order valence-electron chi connectivity index (χ4n) is 6.60. The van der Waals surface area contributed by atoms with Crippen LogP contribution in [0.3, 0.4) is 0 Å². The van der Waals surface area contributed by atoms with Crippen molar-refractivity contribution in [3.8, 4) is 44.8 Å². The molecule has 3 aromatic heterocycles. The number of rotatable bonds is 6. The van der Waals surface area contributed by atoms with Crippen molar-refractivity contribution in [1.29, 1.82) is 0 Å². The van der Waals surface area contributed by atoms with Crippen LogP contribution in [-0.2, 0) is 20.1 Å². The van der Waals surface area contributed by atoms with E-state index in [2.05, 4.69) is 164 Å². The van der Waals surface area contributed by atoms with Crippen LogP contribution in [0.1, 0.15) is 30.9 Å². The van der Waals surface area contributed by atoms with Gasteiger partial charge in [0, 0.05) is 31.7 Å². The molecule has 0 spiro atoms. The SMILES string of the molecule is CC(C)c1ccnc(-c2[c-]ccc3c2oc2cc(-c4ccccc4)ccc23)c1.Cc1cc(-c2[c-]ccc(-c3ccccc3)c2)nc[c]1[Ge]([CH3])([CH3])[CH3].[Ir]. The minimum Gasteiger partial charge on any atom is 0 e. The van der Waals surface area contributed by atoms with Gasteiger partial charge in [-0.3, -0.25) is 0 Å². The van der Waals surface area contributed by atoms with Gasteiger partial charge in [0.25, 0.3) is 0 Å². The Kier molecular flexibility index (Phi) is 11.4. The van der Waals surface area contributed by atoms with E-state index in [1.807, 2.05) is 30.5 Å². The second-order valence-electron chi connectivity index (χ2n) is 14.4. The molecule has 0 saturated heterocycles. The smallest absolute Gasteiger partial charge is 0 e. The molecule has 3 heterocycles. The predicted octanol–water partition coefficient (Wildman–Crippen LogP) is 12.3. The molecule has 0 fully saturated rings. The van der Waals surface area contributed by atoms with Crippen molar-refractivity contribution in [2.75, 3.05) is 0 Å². The van der Waals surface area contributed by atoms with Crippen molar-refractivity contribution in [2.24, 2.45) is 0 Å². The van der Waals surface area contributed by atoms with Crippen LogP contribution in [0.2, 0.25) is 17.3 Å². The summed E-state index contributed by atoms with van der Waals surface area (Å²) >= 11 is -1.85. The quantitative estimate of drug-likeness (QED) is 0.123. The number of aryl methyl sites for hydroxylation is 1. The van der Waals surface area contributed by atoms with Crippen LogP contribution < -0.4 is 4.40 Å². The molecule has 8 rings (SSSR count). The summed E-state index contributed by atoms with van der Waals surface area (Å²) in [7, 11) is 0. The van der Waals surface area contributed by atoms with Gasteiger partial charge in [0.05, 0.1) is 5.58 Å². The summed E-state index contributed by atoms with van der Waals surface area (Å²) in [5.74, 6) is 7.67. The molecule has 261 valence electrons. The van der Waals surface area contributed by atoms with Crippen molar-refractivity contribution in [3.05, 3.63) is 163 Å². The molecule has 5 aromatic carbocycles. The van der Waals surface area contributed by atoms with Crippen molar-refractivity contribution in [2.45, 2.75) is 44.0 Å². The Morgan fingerprint density at radius 2 is 1.31 bits per heavy atom. The maximum Gasteiger partial charge on any atom is 0 e. The zero-order valence-corrected chi connectivity index (χ0v) is 35.0. The summed E-state index contributed by atoms with van der Waals surface area (Å²) in [6, 6.07) is 50.6. The second kappa shape index (κ2) is 16.0. The Bertz CT molecular complexity index is 2450. The average Bonchev–Trinajstić information content (AvgIpc) is 3.53. The standard InChI is InChI=1S/C26H20NO.C21H22GeN.Ir/c1-17(2)19-13-14-27-24(15-19)23-10-6-9-22-21-12-11-20(16-25(21)28-26(22)23)18-7-4-3-5-8-18;1-16-13-21(23-15-20(16)22(2,3)4)19-12-8-11-18(14-19)17-9-6-5-7-10-17;/h3-9,11-17H,1-2H3;5-11,13-15H,1-4H3;/q2*-1;. The van der Waals surface area contributed by atoms with Gasteiger partial charge < -0.3 is 9.40 Å². The largest absolute Gasteiger partial charge is 0 e. The van der Waals surface area contributed by atoms with Gasteiger partial charge >= 0.3 is 142 Å². The van der Waals surface area contributed by atoms with E-state index in [4.69, 9.17) is 9.40 Å². The molecular formula is C47H42GeIrN2O-2. The molecule has 0 amide bonds. The van der Waals surface area contributed by atoms with Crippen LogP contribution in [0.5, 0.6) is 0 Å². The molecule has 0 aliphatic carbocycles. The first-order valence-corrected chi connectivity index (χ1v) is 24.9. The van der Waals surface area contributed by atoms with E-state index in [9.17, 15) is 0 Å². The van der Waals surface area contributed by atoms with Gasteiger partial charge in [0.1, 0.15) is 5.58 Å². The summed E-state index contributed by atoms with van der Waals surface area (Å²) in [4.78, 5) is 9.31. The molecule has 0 saturated carbocycles. The van der Waals surface area contributed by atoms with Crippen LogP contribution in [-0.4, -0.2) is 23.2 Å². The fraction of sp³-hybridized carbons (Fsp3) is 0.149. The van der Waals surface area contributed by atoms with E-state index in [1.165, 1.54) is 32.2 Å². The second-order valence-corrected chi connectivity index (χ2v) is 25.0. The fourth-order valence-corrected chi connectivity index (χ4v) is 10.2. The molecular weight excluding hydrogens is 873 g/mol. The summed E-state index contributed by atoms with van der Waals surface area (Å²) in [6.45, 7) is 6.59. The maximum absolute atomic E-state index is 6.33. The third-order valence-corrected chi connectivity index (χ3v) is 13.8. The van der Waals surface area contributed by atoms with E-state index >= 15 is 0 Å². The molecule has 0 bridgehead atoms. The molecule has 0 N–H and O–H groups in total. The van der Waals surface area contributed by atoms with E-state index in [0.717, 1.165) is 50.0 Å². The summed E-state index contributed by atoms with van der Waals surface area (Å²) < 4.78 is 7.81. The Labute approximate surface area is 323 Å². The van der Waals surface area contributed by atoms with Gasteiger partial charge in [-0.2, -0.15) is 0 Å². The van der Waals surface area contributed by atoms with Gasteiger partial charge in [-0.25, -0.2) is 0 Å². The van der Waals surface area contributed by atoms with Gasteiger partial charge in [-0.05, 0) is 34.9 Å². The summed E-state index contributed by atoms with van der Waals surface area (Å²) in [5.41, 5.74) is 13.0. The summed E-state index contributed by atoms with van der Waals surface area (Å²) in [6.07, 6.45) is 3.96. The van der Waals surface area contributed by atoms with E-state index in [1.54, 1.807) is 0 Å². The van der Waals surface area contributed by atoms with Crippen LogP contribution in [0.15, 0.2) is 144 Å². The Morgan fingerprint density at radius 1 is 0.635 bits per heavy atom. The number of benzene rings is 5. The van der Waals surface area contributed by atoms with E-state index in [-0.39, 0.29) is 20.1 Å². The third-order valence-electron chi connectivity index (χ3n) is 9.35. The van der Waals surface area contributed by atoms with Gasteiger partial charge in [0.2, 0.25) is 0 Å². The molecule has 8 aromatic rings. The Morgan fingerprint density at radius 3 is 1.96 bits per heavy atom.